The molecule has 5 heteroatoms. The molecule has 2 rings (SSSR count). The van der Waals surface area contributed by atoms with Crippen LogP contribution in [-0.4, -0.2) is 33.1 Å². The Morgan fingerprint density at radius 1 is 1.42 bits per heavy atom. The molecule has 1 aromatic carbocycles. The van der Waals surface area contributed by atoms with Crippen molar-refractivity contribution in [2.75, 3.05) is 37.6 Å². The van der Waals surface area contributed by atoms with Crippen LogP contribution in [0.15, 0.2) is 18.2 Å². The molecule has 0 saturated carbocycles. The monoisotopic (exact) mass is 261 g/mol. The van der Waals surface area contributed by atoms with Gasteiger partial charge in [0.15, 0.2) is 0 Å². The van der Waals surface area contributed by atoms with Gasteiger partial charge in [-0.2, -0.15) is 5.26 Å². The van der Waals surface area contributed by atoms with E-state index in [0.717, 1.165) is 31.6 Å². The topological polar surface area (TPSA) is 71.5 Å². The molecule has 1 saturated heterocycles. The summed E-state index contributed by atoms with van der Waals surface area (Å²) in [6.45, 7) is 2.02. The molecule has 0 atom stereocenters. The van der Waals surface area contributed by atoms with Gasteiger partial charge < -0.3 is 20.1 Å². The summed E-state index contributed by atoms with van der Waals surface area (Å²) in [5, 5.41) is 9.17. The van der Waals surface area contributed by atoms with Crippen molar-refractivity contribution in [3.8, 4) is 6.07 Å². The highest BCUT2D eigenvalue weighted by Gasteiger charge is 2.22. The fourth-order valence-electron chi connectivity index (χ4n) is 2.41. The molecule has 1 heterocycles. The Morgan fingerprint density at radius 2 is 2.16 bits per heavy atom. The number of ether oxygens (including phenoxy) is 2. The second-order valence-electron chi connectivity index (χ2n) is 4.61. The number of nitriles is 1. The largest absolute Gasteiger partial charge is 0.397 e. The van der Waals surface area contributed by atoms with E-state index in [1.165, 1.54) is 0 Å². The minimum Gasteiger partial charge on any atom is -0.397 e. The molecule has 0 amide bonds. The van der Waals surface area contributed by atoms with Crippen LogP contribution in [-0.2, 0) is 9.47 Å². The highest BCUT2D eigenvalue weighted by Crippen LogP contribution is 2.30. The molecule has 0 spiro atoms. The predicted molar refractivity (Wildman–Crippen MR) is 73.8 cm³/mol. The van der Waals surface area contributed by atoms with Crippen molar-refractivity contribution in [3.05, 3.63) is 23.8 Å². The zero-order valence-electron chi connectivity index (χ0n) is 11.1. The Kier molecular flexibility index (Phi) is 4.61. The molecule has 0 bridgehead atoms. The maximum Gasteiger partial charge on any atom is 0.146 e. The van der Waals surface area contributed by atoms with E-state index in [1.807, 2.05) is 12.1 Å². The van der Waals surface area contributed by atoms with E-state index in [9.17, 15) is 0 Å². The first-order valence-corrected chi connectivity index (χ1v) is 6.40. The average molecular weight is 261 g/mol. The van der Waals surface area contributed by atoms with E-state index in [1.54, 1.807) is 13.2 Å². The summed E-state index contributed by atoms with van der Waals surface area (Å²) in [4.78, 5) is 2.17. The molecular formula is C14H19N3O2. The number of rotatable bonds is 4. The van der Waals surface area contributed by atoms with Gasteiger partial charge in [0, 0.05) is 20.2 Å². The maximum absolute atomic E-state index is 9.17. The number of methoxy groups -OCH3 is 1. The zero-order valence-corrected chi connectivity index (χ0v) is 11.1. The molecule has 0 aliphatic carbocycles. The first kappa shape index (κ1) is 13.7. The van der Waals surface area contributed by atoms with E-state index in [-0.39, 0.29) is 6.10 Å². The molecule has 0 radical (unpaired) electrons. The third-order valence-electron chi connectivity index (χ3n) is 3.37. The SMILES string of the molecule is COCOC1CCN(c2c(N)cccc2C#N)CC1. The predicted octanol–water partition coefficient (Wildman–Crippen LogP) is 1.73. The van der Waals surface area contributed by atoms with Crippen molar-refractivity contribution in [1.29, 1.82) is 5.26 Å². The molecule has 0 unspecified atom stereocenters. The summed E-state index contributed by atoms with van der Waals surface area (Å²) in [5.41, 5.74) is 8.15. The first-order valence-electron chi connectivity index (χ1n) is 6.40. The molecule has 0 aromatic heterocycles. The highest BCUT2D eigenvalue weighted by atomic mass is 16.7. The molecule has 5 nitrogen and oxygen atoms in total. The van der Waals surface area contributed by atoms with Gasteiger partial charge in [-0.25, -0.2) is 0 Å². The minimum absolute atomic E-state index is 0.228. The summed E-state index contributed by atoms with van der Waals surface area (Å²) in [5.74, 6) is 0. The number of hydrogen-bond acceptors (Lipinski definition) is 5. The third-order valence-corrected chi connectivity index (χ3v) is 3.37. The molecule has 19 heavy (non-hydrogen) atoms. The van der Waals surface area contributed by atoms with Gasteiger partial charge in [0.05, 0.1) is 23.0 Å². The summed E-state index contributed by atoms with van der Waals surface area (Å²) < 4.78 is 10.5. The lowest BCUT2D eigenvalue weighted by atomic mass is 10.0. The Labute approximate surface area is 113 Å². The molecule has 102 valence electrons. The lowest BCUT2D eigenvalue weighted by molar-refractivity contribution is -0.0780. The number of nitrogen functional groups attached to an aromatic ring is 1. The molecule has 2 N–H and O–H groups in total. The van der Waals surface area contributed by atoms with Crippen molar-refractivity contribution < 1.29 is 9.47 Å². The first-order chi connectivity index (χ1) is 9.26. The van der Waals surface area contributed by atoms with Gasteiger partial charge in [-0.05, 0) is 25.0 Å². The van der Waals surface area contributed by atoms with Crippen LogP contribution in [0.2, 0.25) is 0 Å². The second kappa shape index (κ2) is 6.41. The number of piperidine rings is 1. The van der Waals surface area contributed by atoms with Crippen LogP contribution in [0, 0.1) is 11.3 Å². The van der Waals surface area contributed by atoms with Crippen molar-refractivity contribution >= 4 is 11.4 Å². The van der Waals surface area contributed by atoms with Crippen LogP contribution < -0.4 is 10.6 Å². The Hall–Kier alpha value is -1.77. The van der Waals surface area contributed by atoms with E-state index in [4.69, 9.17) is 20.5 Å². The van der Waals surface area contributed by atoms with Crippen molar-refractivity contribution in [1.82, 2.24) is 0 Å². The van der Waals surface area contributed by atoms with Crippen LogP contribution >= 0.6 is 0 Å². The highest BCUT2D eigenvalue weighted by molar-refractivity contribution is 5.74. The van der Waals surface area contributed by atoms with Crippen molar-refractivity contribution in [2.24, 2.45) is 0 Å². The van der Waals surface area contributed by atoms with Gasteiger partial charge in [0.25, 0.3) is 0 Å². The smallest absolute Gasteiger partial charge is 0.146 e. The van der Waals surface area contributed by atoms with Gasteiger partial charge in [0.1, 0.15) is 12.9 Å². The Bertz CT molecular complexity index is 462. The lowest BCUT2D eigenvalue weighted by Gasteiger charge is -2.34. The van der Waals surface area contributed by atoms with Crippen molar-refractivity contribution in [3.63, 3.8) is 0 Å². The van der Waals surface area contributed by atoms with Gasteiger partial charge in [-0.15, -0.1) is 0 Å². The molecular weight excluding hydrogens is 242 g/mol. The summed E-state index contributed by atoms with van der Waals surface area (Å²) in [6, 6.07) is 7.66. The third kappa shape index (κ3) is 3.16. The zero-order chi connectivity index (χ0) is 13.7. The van der Waals surface area contributed by atoms with Crippen LogP contribution in [0.4, 0.5) is 11.4 Å². The Morgan fingerprint density at radius 3 is 2.79 bits per heavy atom. The molecule has 1 aliphatic rings. The van der Waals surface area contributed by atoms with Crippen LogP contribution in [0.5, 0.6) is 0 Å². The Balaban J connectivity index is 2.04. The number of anilines is 2. The van der Waals surface area contributed by atoms with Gasteiger partial charge in [0.2, 0.25) is 0 Å². The molecule has 1 aliphatic heterocycles. The van der Waals surface area contributed by atoms with Crippen molar-refractivity contribution in [2.45, 2.75) is 18.9 Å². The lowest BCUT2D eigenvalue weighted by Crippen LogP contribution is -2.38. The standard InChI is InChI=1S/C14H19N3O2/c1-18-10-19-12-5-7-17(8-6-12)14-11(9-15)3-2-4-13(14)16/h2-4,12H,5-8,10,16H2,1H3. The summed E-state index contributed by atoms with van der Waals surface area (Å²) >= 11 is 0. The van der Waals surface area contributed by atoms with Gasteiger partial charge >= 0.3 is 0 Å². The normalized spacial score (nSPS) is 16.3. The van der Waals surface area contributed by atoms with Crippen LogP contribution in [0.1, 0.15) is 18.4 Å². The van der Waals surface area contributed by atoms with Gasteiger partial charge in [-0.1, -0.05) is 6.07 Å². The number of benzene rings is 1. The minimum atomic E-state index is 0.228. The number of hydrogen-bond donors (Lipinski definition) is 1. The fraction of sp³-hybridized carbons (Fsp3) is 0.500. The fourth-order valence-corrected chi connectivity index (χ4v) is 2.41. The maximum atomic E-state index is 9.17. The molecule has 1 fully saturated rings. The van der Waals surface area contributed by atoms with E-state index in [2.05, 4.69) is 11.0 Å². The number of nitrogens with zero attached hydrogens (tertiary/aromatic N) is 2. The van der Waals surface area contributed by atoms with E-state index < -0.39 is 0 Å². The second-order valence-corrected chi connectivity index (χ2v) is 4.61. The van der Waals surface area contributed by atoms with E-state index in [0.29, 0.717) is 18.0 Å². The summed E-state index contributed by atoms with van der Waals surface area (Å²) in [6.07, 6.45) is 2.07. The number of nitrogens with two attached hydrogens (primary N) is 1. The van der Waals surface area contributed by atoms with E-state index >= 15 is 0 Å². The van der Waals surface area contributed by atoms with Gasteiger partial charge in [-0.3, -0.25) is 0 Å². The molecule has 1 aromatic rings. The summed E-state index contributed by atoms with van der Waals surface area (Å²) in [7, 11) is 1.62. The average Bonchev–Trinajstić information content (AvgIpc) is 2.45. The van der Waals surface area contributed by atoms with Crippen LogP contribution in [0.3, 0.4) is 0 Å². The quantitative estimate of drug-likeness (QED) is 0.660. The number of para-hydroxylation sites is 1. The van der Waals surface area contributed by atoms with Crippen LogP contribution in [0.25, 0.3) is 0 Å².